The molecule has 3 aromatic rings. The minimum absolute atomic E-state index is 0.189. The Morgan fingerprint density at radius 2 is 1.71 bits per heavy atom. The summed E-state index contributed by atoms with van der Waals surface area (Å²) in [5, 5.41) is 11.7. The Labute approximate surface area is 142 Å². The van der Waals surface area contributed by atoms with E-state index in [1.54, 1.807) is 7.11 Å². The van der Waals surface area contributed by atoms with Gasteiger partial charge in [-0.15, -0.1) is 0 Å². The Hall–Kier alpha value is -2.99. The Balaban J connectivity index is 1.66. The summed E-state index contributed by atoms with van der Waals surface area (Å²) in [5.41, 5.74) is 0.986. The lowest BCUT2D eigenvalue weighted by Crippen LogP contribution is -2.05. The first-order valence-corrected chi connectivity index (χ1v) is 7.96. The number of nitriles is 1. The minimum atomic E-state index is -0.189. The molecule has 0 aliphatic carbocycles. The molecular formula is C21H19NO2. The van der Waals surface area contributed by atoms with Crippen molar-refractivity contribution < 1.29 is 9.47 Å². The number of nitrogens with zero attached hydrogens (tertiary/aromatic N) is 1. The van der Waals surface area contributed by atoms with Crippen molar-refractivity contribution in [1.82, 2.24) is 0 Å². The summed E-state index contributed by atoms with van der Waals surface area (Å²) in [6, 6.07) is 24.2. The lowest BCUT2D eigenvalue weighted by atomic mass is 9.97. The third kappa shape index (κ3) is 3.49. The van der Waals surface area contributed by atoms with Gasteiger partial charge < -0.3 is 9.47 Å². The first-order chi connectivity index (χ1) is 11.8. The maximum absolute atomic E-state index is 9.44. The van der Waals surface area contributed by atoms with Crippen molar-refractivity contribution >= 4 is 10.8 Å². The maximum Gasteiger partial charge on any atom is 0.127 e. The largest absolute Gasteiger partial charge is 0.497 e. The average Bonchev–Trinajstić information content (AvgIpc) is 2.65. The second-order valence-corrected chi connectivity index (χ2v) is 5.57. The molecule has 120 valence electrons. The fourth-order valence-electron chi connectivity index (χ4n) is 2.75. The van der Waals surface area contributed by atoms with Crippen LogP contribution in [0.1, 0.15) is 17.9 Å². The van der Waals surface area contributed by atoms with Crippen LogP contribution in [0.3, 0.4) is 0 Å². The molecule has 0 heterocycles. The lowest BCUT2D eigenvalue weighted by molar-refractivity contribution is 0.309. The zero-order valence-electron chi connectivity index (χ0n) is 13.6. The summed E-state index contributed by atoms with van der Waals surface area (Å²) in [4.78, 5) is 0. The van der Waals surface area contributed by atoms with Gasteiger partial charge in [0.15, 0.2) is 0 Å². The fourth-order valence-corrected chi connectivity index (χ4v) is 2.75. The van der Waals surface area contributed by atoms with Crippen LogP contribution in [0.25, 0.3) is 10.8 Å². The van der Waals surface area contributed by atoms with Gasteiger partial charge in [0, 0.05) is 11.8 Å². The molecule has 0 N–H and O–H groups in total. The van der Waals surface area contributed by atoms with Crippen molar-refractivity contribution in [1.29, 1.82) is 5.26 Å². The van der Waals surface area contributed by atoms with Crippen LogP contribution in [0.2, 0.25) is 0 Å². The normalized spacial score (nSPS) is 11.7. The van der Waals surface area contributed by atoms with Crippen LogP contribution in [0, 0.1) is 11.3 Å². The Bertz CT molecular complexity index is 844. The molecule has 0 aliphatic rings. The number of ether oxygens (including phenoxy) is 2. The van der Waals surface area contributed by atoms with Gasteiger partial charge >= 0.3 is 0 Å². The van der Waals surface area contributed by atoms with Gasteiger partial charge in [-0.1, -0.05) is 48.5 Å². The highest BCUT2D eigenvalue weighted by molar-refractivity contribution is 5.88. The van der Waals surface area contributed by atoms with Crippen LogP contribution in [0.5, 0.6) is 11.5 Å². The summed E-state index contributed by atoms with van der Waals surface area (Å²) >= 11 is 0. The third-order valence-electron chi connectivity index (χ3n) is 4.09. The summed E-state index contributed by atoms with van der Waals surface area (Å²) in [6.45, 7) is 0.498. The van der Waals surface area contributed by atoms with Crippen molar-refractivity contribution in [3.63, 3.8) is 0 Å². The Morgan fingerprint density at radius 1 is 0.958 bits per heavy atom. The fraction of sp³-hybridized carbons (Fsp3) is 0.190. The lowest BCUT2D eigenvalue weighted by Gasteiger charge is -2.13. The van der Waals surface area contributed by atoms with E-state index in [4.69, 9.17) is 9.47 Å². The number of hydrogen-bond acceptors (Lipinski definition) is 3. The van der Waals surface area contributed by atoms with Crippen molar-refractivity contribution in [2.45, 2.75) is 12.3 Å². The monoisotopic (exact) mass is 317 g/mol. The highest BCUT2D eigenvalue weighted by Crippen LogP contribution is 2.27. The van der Waals surface area contributed by atoms with Gasteiger partial charge in [0.1, 0.15) is 11.5 Å². The first kappa shape index (κ1) is 15.9. The van der Waals surface area contributed by atoms with E-state index in [0.29, 0.717) is 13.0 Å². The van der Waals surface area contributed by atoms with E-state index in [1.807, 2.05) is 48.5 Å². The van der Waals surface area contributed by atoms with Crippen molar-refractivity contribution in [2.24, 2.45) is 0 Å². The molecule has 0 saturated carbocycles. The second kappa shape index (κ2) is 7.52. The molecule has 0 bridgehead atoms. The van der Waals surface area contributed by atoms with E-state index in [-0.39, 0.29) is 5.92 Å². The summed E-state index contributed by atoms with van der Waals surface area (Å²) in [5.74, 6) is 1.47. The van der Waals surface area contributed by atoms with Gasteiger partial charge in [-0.3, -0.25) is 0 Å². The molecule has 0 radical (unpaired) electrons. The van der Waals surface area contributed by atoms with Crippen molar-refractivity contribution in [3.05, 3.63) is 72.3 Å². The number of fused-ring (bicyclic) bond motifs is 1. The molecule has 0 aromatic heterocycles. The third-order valence-corrected chi connectivity index (χ3v) is 4.09. The minimum Gasteiger partial charge on any atom is -0.497 e. The zero-order chi connectivity index (χ0) is 16.8. The number of rotatable bonds is 6. The zero-order valence-corrected chi connectivity index (χ0v) is 13.6. The second-order valence-electron chi connectivity index (χ2n) is 5.57. The average molecular weight is 317 g/mol. The van der Waals surface area contributed by atoms with E-state index in [1.165, 1.54) is 0 Å². The number of hydrogen-bond donors (Lipinski definition) is 0. The quantitative estimate of drug-likeness (QED) is 0.647. The van der Waals surface area contributed by atoms with Gasteiger partial charge in [-0.05, 0) is 29.1 Å². The first-order valence-electron chi connectivity index (χ1n) is 7.96. The summed E-state index contributed by atoms with van der Waals surface area (Å²) < 4.78 is 11.1. The molecule has 24 heavy (non-hydrogen) atoms. The topological polar surface area (TPSA) is 42.2 Å². The highest BCUT2D eigenvalue weighted by atomic mass is 16.5. The van der Waals surface area contributed by atoms with E-state index in [0.717, 1.165) is 27.8 Å². The molecule has 0 saturated heterocycles. The van der Waals surface area contributed by atoms with E-state index >= 15 is 0 Å². The van der Waals surface area contributed by atoms with E-state index in [2.05, 4.69) is 24.3 Å². The smallest absolute Gasteiger partial charge is 0.127 e. The van der Waals surface area contributed by atoms with E-state index < -0.39 is 0 Å². The predicted molar refractivity (Wildman–Crippen MR) is 95.4 cm³/mol. The molecular weight excluding hydrogens is 298 g/mol. The van der Waals surface area contributed by atoms with Crippen LogP contribution in [-0.4, -0.2) is 13.7 Å². The molecule has 1 unspecified atom stereocenters. The Morgan fingerprint density at radius 3 is 2.46 bits per heavy atom. The van der Waals surface area contributed by atoms with E-state index in [9.17, 15) is 5.26 Å². The number of benzene rings is 3. The molecule has 0 spiro atoms. The van der Waals surface area contributed by atoms with Crippen LogP contribution in [-0.2, 0) is 0 Å². The molecule has 0 amide bonds. The van der Waals surface area contributed by atoms with Gasteiger partial charge in [-0.2, -0.15) is 5.26 Å². The van der Waals surface area contributed by atoms with Crippen LogP contribution in [0.4, 0.5) is 0 Å². The predicted octanol–water partition coefficient (Wildman–Crippen LogP) is 4.92. The maximum atomic E-state index is 9.44. The molecule has 3 aromatic carbocycles. The Kier molecular flexibility index (Phi) is 4.98. The van der Waals surface area contributed by atoms with Crippen LogP contribution in [0.15, 0.2) is 66.7 Å². The van der Waals surface area contributed by atoms with Crippen LogP contribution < -0.4 is 9.47 Å². The van der Waals surface area contributed by atoms with Crippen LogP contribution >= 0.6 is 0 Å². The molecule has 0 aliphatic heterocycles. The van der Waals surface area contributed by atoms with Gasteiger partial charge in [0.05, 0.1) is 25.7 Å². The van der Waals surface area contributed by atoms with Gasteiger partial charge in [0.25, 0.3) is 0 Å². The highest BCUT2D eigenvalue weighted by Gasteiger charge is 2.11. The summed E-state index contributed by atoms with van der Waals surface area (Å²) in [7, 11) is 1.63. The van der Waals surface area contributed by atoms with Crippen molar-refractivity contribution in [3.8, 4) is 17.6 Å². The van der Waals surface area contributed by atoms with Gasteiger partial charge in [0.2, 0.25) is 0 Å². The molecule has 3 rings (SSSR count). The van der Waals surface area contributed by atoms with Crippen molar-refractivity contribution in [2.75, 3.05) is 13.7 Å². The molecule has 0 fully saturated rings. The molecule has 3 nitrogen and oxygen atoms in total. The summed E-state index contributed by atoms with van der Waals surface area (Å²) in [6.07, 6.45) is 0.645. The standard InChI is InChI=1S/C21H19NO2/c1-23-19-11-9-16(10-12-19)18(15-22)13-14-24-21-8-4-6-17-5-2-3-7-20(17)21/h2-12,18H,13-14H2,1H3. The molecule has 3 heteroatoms. The number of methoxy groups -OCH3 is 1. The van der Waals surface area contributed by atoms with Gasteiger partial charge in [-0.25, -0.2) is 0 Å². The molecule has 1 atom stereocenters. The SMILES string of the molecule is COc1ccc(C(C#N)CCOc2cccc3ccccc23)cc1.